The maximum absolute atomic E-state index is 12.0. The van der Waals surface area contributed by atoms with E-state index in [1.165, 1.54) is 28.7 Å². The van der Waals surface area contributed by atoms with Crippen LogP contribution in [0.3, 0.4) is 0 Å². The van der Waals surface area contributed by atoms with E-state index >= 15 is 0 Å². The van der Waals surface area contributed by atoms with Crippen LogP contribution < -0.4 is 5.43 Å². The lowest BCUT2D eigenvalue weighted by molar-refractivity contribution is -0.118. The lowest BCUT2D eigenvalue weighted by atomic mass is 10.1. The number of nitrogens with one attached hydrogen (secondary N) is 1. The van der Waals surface area contributed by atoms with Crippen molar-refractivity contribution in [3.63, 3.8) is 0 Å². The summed E-state index contributed by atoms with van der Waals surface area (Å²) < 4.78 is 1.65. The standard InChI is InChI=1S/C19H17ClN4OS3/c1-13(15-9-5-6-10-16(15)20)21-22-17(25)12-27-19-24-23-18(28-19)26-11-14-7-3-2-4-8-14/h2-10H,11-12H2,1H3,(H,22,25)/b21-13-. The zero-order chi connectivity index (χ0) is 19.8. The molecule has 0 bridgehead atoms. The summed E-state index contributed by atoms with van der Waals surface area (Å²) in [6.45, 7) is 1.80. The van der Waals surface area contributed by atoms with Crippen LogP contribution in [0.5, 0.6) is 0 Å². The topological polar surface area (TPSA) is 67.2 Å². The molecule has 9 heteroatoms. The molecule has 2 aromatic carbocycles. The number of hydrogen-bond donors (Lipinski definition) is 1. The molecule has 0 radical (unpaired) electrons. The zero-order valence-corrected chi connectivity index (χ0v) is 18.2. The first-order valence-corrected chi connectivity index (χ1v) is 11.5. The van der Waals surface area contributed by atoms with Gasteiger partial charge in [0.1, 0.15) is 0 Å². The van der Waals surface area contributed by atoms with Gasteiger partial charge >= 0.3 is 0 Å². The van der Waals surface area contributed by atoms with Crippen molar-refractivity contribution < 1.29 is 4.79 Å². The molecule has 1 amide bonds. The minimum Gasteiger partial charge on any atom is -0.272 e. The predicted molar refractivity (Wildman–Crippen MR) is 118 cm³/mol. The van der Waals surface area contributed by atoms with Gasteiger partial charge in [0, 0.05) is 16.3 Å². The number of aromatic nitrogens is 2. The Labute approximate surface area is 181 Å². The number of amides is 1. The number of halogens is 1. The van der Waals surface area contributed by atoms with Crippen molar-refractivity contribution in [3.8, 4) is 0 Å². The van der Waals surface area contributed by atoms with Crippen molar-refractivity contribution in [3.05, 3.63) is 70.7 Å². The van der Waals surface area contributed by atoms with Gasteiger partial charge in [-0.25, -0.2) is 5.43 Å². The Kier molecular flexibility index (Phi) is 7.90. The van der Waals surface area contributed by atoms with Crippen LogP contribution >= 0.6 is 46.5 Å². The first-order valence-electron chi connectivity index (χ1n) is 8.33. The van der Waals surface area contributed by atoms with Gasteiger partial charge in [-0.2, -0.15) is 5.10 Å². The number of benzene rings is 2. The summed E-state index contributed by atoms with van der Waals surface area (Å²) in [5, 5.41) is 13.0. The average Bonchev–Trinajstić information content (AvgIpc) is 3.18. The number of thioether (sulfide) groups is 2. The SMILES string of the molecule is C/C(=N/NC(=O)CSc1nnc(SCc2ccccc2)s1)c1ccccc1Cl. The molecule has 144 valence electrons. The van der Waals surface area contributed by atoms with E-state index in [1.807, 2.05) is 36.4 Å². The Balaban J connectivity index is 1.45. The van der Waals surface area contributed by atoms with E-state index in [1.54, 1.807) is 24.8 Å². The minimum atomic E-state index is -0.204. The summed E-state index contributed by atoms with van der Waals surface area (Å²) >= 11 is 10.6. The molecule has 28 heavy (non-hydrogen) atoms. The van der Waals surface area contributed by atoms with Crippen molar-refractivity contribution in [1.29, 1.82) is 0 Å². The van der Waals surface area contributed by atoms with Gasteiger partial charge in [-0.1, -0.05) is 95.0 Å². The molecule has 5 nitrogen and oxygen atoms in total. The second kappa shape index (κ2) is 10.6. The van der Waals surface area contributed by atoms with Crippen LogP contribution in [0.25, 0.3) is 0 Å². The van der Waals surface area contributed by atoms with E-state index in [0.29, 0.717) is 10.7 Å². The quantitative estimate of drug-likeness (QED) is 0.294. The highest BCUT2D eigenvalue weighted by Gasteiger charge is 2.09. The van der Waals surface area contributed by atoms with Crippen molar-refractivity contribution in [2.75, 3.05) is 5.75 Å². The van der Waals surface area contributed by atoms with E-state index < -0.39 is 0 Å². The molecule has 0 atom stereocenters. The number of carbonyl (C=O) groups excluding carboxylic acids is 1. The maximum Gasteiger partial charge on any atom is 0.250 e. The molecule has 0 aliphatic rings. The zero-order valence-electron chi connectivity index (χ0n) is 15.0. The summed E-state index contributed by atoms with van der Waals surface area (Å²) in [6, 6.07) is 17.6. The van der Waals surface area contributed by atoms with Gasteiger partial charge in [0.2, 0.25) is 0 Å². The maximum atomic E-state index is 12.0. The largest absolute Gasteiger partial charge is 0.272 e. The minimum absolute atomic E-state index is 0.204. The van der Waals surface area contributed by atoms with Gasteiger partial charge in [-0.3, -0.25) is 4.79 Å². The first-order chi connectivity index (χ1) is 13.6. The summed E-state index contributed by atoms with van der Waals surface area (Å²) in [5.41, 5.74) is 5.24. The molecule has 1 heterocycles. The van der Waals surface area contributed by atoms with E-state index in [-0.39, 0.29) is 11.7 Å². The molecule has 3 aromatic rings. The van der Waals surface area contributed by atoms with E-state index in [4.69, 9.17) is 11.6 Å². The lowest BCUT2D eigenvalue weighted by Gasteiger charge is -2.04. The number of carbonyl (C=O) groups is 1. The van der Waals surface area contributed by atoms with Crippen LogP contribution in [0, 0.1) is 0 Å². The monoisotopic (exact) mass is 448 g/mol. The Hall–Kier alpha value is -1.87. The third-order valence-electron chi connectivity index (χ3n) is 3.53. The fourth-order valence-corrected chi connectivity index (χ4v) is 5.19. The molecule has 0 saturated heterocycles. The lowest BCUT2D eigenvalue weighted by Crippen LogP contribution is -2.21. The fourth-order valence-electron chi connectivity index (χ4n) is 2.15. The molecule has 0 unspecified atom stereocenters. The van der Waals surface area contributed by atoms with Crippen molar-refractivity contribution >= 4 is 58.1 Å². The Morgan fingerprint density at radius 2 is 1.75 bits per heavy atom. The molecule has 0 aliphatic carbocycles. The summed E-state index contributed by atoms with van der Waals surface area (Å²) in [6.07, 6.45) is 0. The van der Waals surface area contributed by atoms with E-state index in [9.17, 15) is 4.79 Å². The third kappa shape index (κ3) is 6.34. The molecular weight excluding hydrogens is 432 g/mol. The summed E-state index contributed by atoms with van der Waals surface area (Å²) in [5.74, 6) is 0.860. The van der Waals surface area contributed by atoms with E-state index in [2.05, 4.69) is 32.9 Å². The number of hydrogen-bond acceptors (Lipinski definition) is 7. The Morgan fingerprint density at radius 1 is 1.07 bits per heavy atom. The normalized spacial score (nSPS) is 11.4. The second-order valence-electron chi connectivity index (χ2n) is 5.61. The highest BCUT2D eigenvalue weighted by Crippen LogP contribution is 2.30. The second-order valence-corrected chi connectivity index (χ2v) is 9.44. The molecule has 1 N–H and O–H groups in total. The van der Waals surface area contributed by atoms with Crippen LogP contribution in [-0.2, 0) is 10.5 Å². The van der Waals surface area contributed by atoms with Gasteiger partial charge in [0.25, 0.3) is 5.91 Å². The van der Waals surface area contributed by atoms with Gasteiger partial charge in [-0.05, 0) is 18.6 Å². The summed E-state index contributed by atoms with van der Waals surface area (Å²) in [4.78, 5) is 12.0. The number of rotatable bonds is 8. The third-order valence-corrected chi connectivity index (χ3v) is 7.12. The van der Waals surface area contributed by atoms with Crippen LogP contribution in [0.2, 0.25) is 5.02 Å². The van der Waals surface area contributed by atoms with Crippen molar-refractivity contribution in [2.45, 2.75) is 21.4 Å². The Morgan fingerprint density at radius 3 is 2.50 bits per heavy atom. The molecule has 3 rings (SSSR count). The molecule has 0 saturated carbocycles. The van der Waals surface area contributed by atoms with Gasteiger partial charge in [0.05, 0.1) is 11.5 Å². The van der Waals surface area contributed by atoms with Crippen molar-refractivity contribution in [2.24, 2.45) is 5.10 Å². The predicted octanol–water partition coefficient (Wildman–Crippen LogP) is 5.12. The van der Waals surface area contributed by atoms with Crippen molar-refractivity contribution in [1.82, 2.24) is 15.6 Å². The first kappa shape index (κ1) is 20.9. The van der Waals surface area contributed by atoms with Crippen LogP contribution in [0.4, 0.5) is 0 Å². The fraction of sp³-hybridized carbons (Fsp3) is 0.158. The van der Waals surface area contributed by atoms with Gasteiger partial charge in [-0.15, -0.1) is 10.2 Å². The van der Waals surface area contributed by atoms with Crippen LogP contribution in [-0.4, -0.2) is 27.6 Å². The van der Waals surface area contributed by atoms with Gasteiger partial charge < -0.3 is 0 Å². The highest BCUT2D eigenvalue weighted by molar-refractivity contribution is 8.03. The van der Waals surface area contributed by atoms with Crippen LogP contribution in [0.1, 0.15) is 18.1 Å². The highest BCUT2D eigenvalue weighted by atomic mass is 35.5. The average molecular weight is 449 g/mol. The van der Waals surface area contributed by atoms with Gasteiger partial charge in [0.15, 0.2) is 8.68 Å². The summed E-state index contributed by atoms with van der Waals surface area (Å²) in [7, 11) is 0. The molecule has 1 aromatic heterocycles. The smallest absolute Gasteiger partial charge is 0.250 e. The molecular formula is C19H17ClN4OS3. The van der Waals surface area contributed by atoms with E-state index in [0.717, 1.165) is 20.0 Å². The molecule has 0 aliphatic heterocycles. The van der Waals surface area contributed by atoms with Crippen LogP contribution in [0.15, 0.2) is 68.4 Å². The molecule has 0 spiro atoms. The number of hydrazone groups is 1. The number of nitrogens with zero attached hydrogens (tertiary/aromatic N) is 3. The molecule has 0 fully saturated rings. The Bertz CT molecular complexity index is 963.